The molecule has 0 saturated carbocycles. The average molecular weight is 307 g/mol. The van der Waals surface area contributed by atoms with Crippen molar-refractivity contribution >= 4 is 34.7 Å². The minimum absolute atomic E-state index is 0.0384. The van der Waals surface area contributed by atoms with E-state index in [-0.39, 0.29) is 12.5 Å². The molecular formula is C15H17NO2S2. The molecule has 0 aliphatic rings. The molecule has 2 rings (SSSR count). The van der Waals surface area contributed by atoms with Crippen LogP contribution in [0, 0.1) is 6.92 Å². The topological polar surface area (TPSA) is 49.3 Å². The Hall–Kier alpha value is -1.43. The van der Waals surface area contributed by atoms with Gasteiger partial charge in [-0.3, -0.25) is 4.79 Å². The van der Waals surface area contributed by atoms with Crippen LogP contribution < -0.4 is 5.32 Å². The van der Waals surface area contributed by atoms with Crippen molar-refractivity contribution in [3.05, 3.63) is 49.9 Å². The SMILES string of the molecule is Cc1ccsc1CCNC(=O)/C=C/c1cc(CO)cs1. The van der Waals surface area contributed by atoms with E-state index in [1.165, 1.54) is 27.9 Å². The highest BCUT2D eigenvalue weighted by Crippen LogP contribution is 2.16. The third kappa shape index (κ3) is 4.30. The molecule has 0 radical (unpaired) electrons. The standard InChI is InChI=1S/C15H17NO2S2/c1-11-5-7-19-14(11)4-6-16-15(18)3-2-13-8-12(9-17)10-20-13/h2-3,5,7-8,10,17H,4,6,9H2,1H3,(H,16,18)/b3-2+. The Bertz CT molecular complexity index is 599. The highest BCUT2D eigenvalue weighted by molar-refractivity contribution is 7.11. The molecule has 2 heterocycles. The quantitative estimate of drug-likeness (QED) is 0.806. The third-order valence-corrected chi connectivity index (χ3v) is 4.90. The molecule has 0 fully saturated rings. The Morgan fingerprint density at radius 1 is 1.45 bits per heavy atom. The second-order valence-corrected chi connectivity index (χ2v) is 6.36. The highest BCUT2D eigenvalue weighted by atomic mass is 32.1. The summed E-state index contributed by atoms with van der Waals surface area (Å²) in [7, 11) is 0. The molecular weight excluding hydrogens is 290 g/mol. The second kappa shape index (κ2) is 7.38. The van der Waals surface area contributed by atoms with Gasteiger partial charge >= 0.3 is 0 Å². The van der Waals surface area contributed by atoms with Gasteiger partial charge in [-0.2, -0.15) is 0 Å². The van der Waals surface area contributed by atoms with E-state index in [9.17, 15) is 4.79 Å². The lowest BCUT2D eigenvalue weighted by atomic mass is 10.2. The van der Waals surface area contributed by atoms with Gasteiger partial charge in [-0.15, -0.1) is 22.7 Å². The summed E-state index contributed by atoms with van der Waals surface area (Å²) >= 11 is 3.24. The predicted octanol–water partition coefficient (Wildman–Crippen LogP) is 2.98. The molecule has 0 unspecified atom stereocenters. The number of thiophene rings is 2. The van der Waals surface area contributed by atoms with E-state index in [1.54, 1.807) is 17.4 Å². The summed E-state index contributed by atoms with van der Waals surface area (Å²) < 4.78 is 0. The molecule has 0 saturated heterocycles. The van der Waals surface area contributed by atoms with Gasteiger partial charge in [0.2, 0.25) is 5.91 Å². The molecule has 2 N–H and O–H groups in total. The largest absolute Gasteiger partial charge is 0.392 e. The number of aryl methyl sites for hydroxylation is 1. The van der Waals surface area contributed by atoms with Crippen molar-refractivity contribution in [2.24, 2.45) is 0 Å². The van der Waals surface area contributed by atoms with E-state index in [2.05, 4.69) is 23.7 Å². The van der Waals surface area contributed by atoms with Gasteiger partial charge in [-0.05, 0) is 53.4 Å². The normalized spacial score (nSPS) is 11.1. The number of hydrogen-bond donors (Lipinski definition) is 2. The van der Waals surface area contributed by atoms with Crippen LogP contribution in [0.3, 0.4) is 0 Å². The minimum atomic E-state index is -0.0850. The molecule has 3 nitrogen and oxygen atoms in total. The maximum absolute atomic E-state index is 11.7. The van der Waals surface area contributed by atoms with Crippen LogP contribution in [0.4, 0.5) is 0 Å². The fourth-order valence-electron chi connectivity index (χ4n) is 1.74. The summed E-state index contributed by atoms with van der Waals surface area (Å²) in [6.07, 6.45) is 4.18. The maximum Gasteiger partial charge on any atom is 0.244 e. The van der Waals surface area contributed by atoms with Gasteiger partial charge in [0.05, 0.1) is 6.61 Å². The van der Waals surface area contributed by atoms with Gasteiger partial charge in [0.25, 0.3) is 0 Å². The Morgan fingerprint density at radius 2 is 2.30 bits per heavy atom. The first-order chi connectivity index (χ1) is 9.69. The molecule has 2 aromatic rings. The molecule has 20 heavy (non-hydrogen) atoms. The number of aliphatic hydroxyl groups excluding tert-OH is 1. The summed E-state index contributed by atoms with van der Waals surface area (Å²) in [5.74, 6) is -0.0850. The first-order valence-corrected chi connectivity index (χ1v) is 8.12. The lowest BCUT2D eigenvalue weighted by Crippen LogP contribution is -2.23. The minimum Gasteiger partial charge on any atom is -0.392 e. The van der Waals surface area contributed by atoms with Crippen LogP contribution in [-0.4, -0.2) is 17.6 Å². The van der Waals surface area contributed by atoms with Gasteiger partial charge < -0.3 is 10.4 Å². The Morgan fingerprint density at radius 3 is 2.95 bits per heavy atom. The van der Waals surface area contributed by atoms with E-state index in [1.807, 2.05) is 11.4 Å². The summed E-state index contributed by atoms with van der Waals surface area (Å²) in [5, 5.41) is 15.8. The molecule has 0 aromatic carbocycles. The van der Waals surface area contributed by atoms with E-state index in [0.29, 0.717) is 6.54 Å². The van der Waals surface area contributed by atoms with Crippen molar-refractivity contribution < 1.29 is 9.90 Å². The number of amides is 1. The molecule has 0 bridgehead atoms. The Balaban J connectivity index is 1.76. The number of carbonyl (C=O) groups excluding carboxylic acids is 1. The lowest BCUT2D eigenvalue weighted by Gasteiger charge is -2.01. The highest BCUT2D eigenvalue weighted by Gasteiger charge is 2.01. The summed E-state index contributed by atoms with van der Waals surface area (Å²) in [6, 6.07) is 3.97. The molecule has 1 amide bonds. The molecule has 106 valence electrons. The number of aliphatic hydroxyl groups is 1. The predicted molar refractivity (Wildman–Crippen MR) is 85.0 cm³/mol. The summed E-state index contributed by atoms with van der Waals surface area (Å²) in [6.45, 7) is 2.77. The smallest absolute Gasteiger partial charge is 0.244 e. The first-order valence-electron chi connectivity index (χ1n) is 6.36. The van der Waals surface area contributed by atoms with Crippen LogP contribution in [0.15, 0.2) is 29.0 Å². The van der Waals surface area contributed by atoms with Crippen LogP contribution in [0.25, 0.3) is 6.08 Å². The molecule has 5 heteroatoms. The molecule has 0 aliphatic carbocycles. The zero-order valence-corrected chi connectivity index (χ0v) is 12.9. The fourth-order valence-corrected chi connectivity index (χ4v) is 3.45. The Labute approximate surface area is 126 Å². The van der Waals surface area contributed by atoms with E-state index >= 15 is 0 Å². The third-order valence-electron chi connectivity index (χ3n) is 2.88. The zero-order valence-electron chi connectivity index (χ0n) is 11.3. The second-order valence-electron chi connectivity index (χ2n) is 4.42. The number of carbonyl (C=O) groups is 1. The van der Waals surface area contributed by atoms with Gasteiger partial charge in [0.15, 0.2) is 0 Å². The van der Waals surface area contributed by atoms with Crippen LogP contribution in [0.5, 0.6) is 0 Å². The summed E-state index contributed by atoms with van der Waals surface area (Å²) in [5.41, 5.74) is 2.16. The average Bonchev–Trinajstić information content (AvgIpc) is 3.06. The number of nitrogens with one attached hydrogen (secondary N) is 1. The molecule has 2 aromatic heterocycles. The zero-order chi connectivity index (χ0) is 14.4. The van der Waals surface area contributed by atoms with Gasteiger partial charge in [0.1, 0.15) is 0 Å². The van der Waals surface area contributed by atoms with Crippen LogP contribution in [0.2, 0.25) is 0 Å². The maximum atomic E-state index is 11.7. The first kappa shape index (κ1) is 15.0. The van der Waals surface area contributed by atoms with Crippen molar-refractivity contribution in [3.63, 3.8) is 0 Å². The van der Waals surface area contributed by atoms with Gasteiger partial charge in [-0.1, -0.05) is 0 Å². The number of hydrogen-bond acceptors (Lipinski definition) is 4. The van der Waals surface area contributed by atoms with Gasteiger partial charge in [-0.25, -0.2) is 0 Å². The van der Waals surface area contributed by atoms with E-state index in [4.69, 9.17) is 5.11 Å². The summed E-state index contributed by atoms with van der Waals surface area (Å²) in [4.78, 5) is 14.0. The molecule has 0 spiro atoms. The van der Waals surface area contributed by atoms with Crippen LogP contribution >= 0.6 is 22.7 Å². The van der Waals surface area contributed by atoms with Crippen molar-refractivity contribution in [2.75, 3.05) is 6.54 Å². The lowest BCUT2D eigenvalue weighted by molar-refractivity contribution is -0.116. The monoisotopic (exact) mass is 307 g/mol. The van der Waals surface area contributed by atoms with Crippen molar-refractivity contribution in [1.82, 2.24) is 5.32 Å². The number of rotatable bonds is 6. The van der Waals surface area contributed by atoms with Crippen LogP contribution in [0.1, 0.15) is 20.9 Å². The fraction of sp³-hybridized carbons (Fsp3) is 0.267. The van der Waals surface area contributed by atoms with Crippen LogP contribution in [-0.2, 0) is 17.8 Å². The van der Waals surface area contributed by atoms with E-state index in [0.717, 1.165) is 16.9 Å². The van der Waals surface area contributed by atoms with Gasteiger partial charge in [0, 0.05) is 22.4 Å². The van der Waals surface area contributed by atoms with Crippen molar-refractivity contribution in [1.29, 1.82) is 0 Å². The molecule has 0 aliphatic heterocycles. The van der Waals surface area contributed by atoms with E-state index < -0.39 is 0 Å². The Kier molecular flexibility index (Phi) is 5.52. The van der Waals surface area contributed by atoms with Crippen molar-refractivity contribution in [2.45, 2.75) is 20.0 Å². The van der Waals surface area contributed by atoms with Crippen molar-refractivity contribution in [3.8, 4) is 0 Å². The molecule has 0 atom stereocenters.